The molecule has 0 aliphatic carbocycles. The average Bonchev–Trinajstić information content (AvgIpc) is 3.15. The Kier molecular flexibility index (Phi) is 6.87. The van der Waals surface area contributed by atoms with Crippen molar-refractivity contribution in [2.45, 2.75) is 13.5 Å². The van der Waals surface area contributed by atoms with Crippen molar-refractivity contribution >= 4 is 12.0 Å². The van der Waals surface area contributed by atoms with E-state index < -0.39 is 0 Å². The molecule has 0 saturated carbocycles. The molecule has 8 nitrogen and oxygen atoms in total. The van der Waals surface area contributed by atoms with Crippen molar-refractivity contribution in [3.8, 4) is 17.6 Å². The molecule has 2 aromatic rings. The van der Waals surface area contributed by atoms with Crippen molar-refractivity contribution in [1.82, 2.24) is 10.1 Å². The molecule has 0 spiro atoms. The van der Waals surface area contributed by atoms with Gasteiger partial charge < -0.3 is 23.8 Å². The van der Waals surface area contributed by atoms with Gasteiger partial charge in [0, 0.05) is 12.1 Å². The first-order valence-corrected chi connectivity index (χ1v) is 9.49. The van der Waals surface area contributed by atoms with E-state index in [9.17, 15) is 4.79 Å². The number of nitrogens with one attached hydrogen (secondary N) is 1. The molecule has 0 radical (unpaired) electrons. The zero-order valence-corrected chi connectivity index (χ0v) is 16.7. The number of nitrogens with zero attached hydrogens (tertiary/aromatic N) is 3. The molecule has 29 heavy (non-hydrogen) atoms. The molecule has 2 heterocycles. The normalized spacial score (nSPS) is 14.7. The van der Waals surface area contributed by atoms with E-state index in [0.717, 1.165) is 36.7 Å². The first kappa shape index (κ1) is 20.4. The highest BCUT2D eigenvalue weighted by atomic mass is 16.5. The lowest BCUT2D eigenvalue weighted by Gasteiger charge is -2.31. The van der Waals surface area contributed by atoms with Gasteiger partial charge in [-0.1, -0.05) is 11.2 Å². The van der Waals surface area contributed by atoms with Crippen LogP contribution in [0.25, 0.3) is 6.08 Å². The zero-order chi connectivity index (χ0) is 20.6. The number of methoxy groups -OCH3 is 1. The SMILES string of the molecule is COc1cc(/C=C/C(=O)N2CC[NH+](Cc3cc(C)on3)CC2)ccc1OCC#N. The molecule has 1 aliphatic rings. The molecule has 152 valence electrons. The van der Waals surface area contributed by atoms with Gasteiger partial charge in [-0.25, -0.2) is 0 Å². The summed E-state index contributed by atoms with van der Waals surface area (Å²) in [7, 11) is 1.54. The summed E-state index contributed by atoms with van der Waals surface area (Å²) in [6.45, 7) is 5.83. The Bertz CT molecular complexity index is 908. The Labute approximate surface area is 169 Å². The summed E-state index contributed by atoms with van der Waals surface area (Å²) in [5.74, 6) is 1.83. The lowest BCUT2D eigenvalue weighted by Crippen LogP contribution is -3.13. The fourth-order valence-corrected chi connectivity index (χ4v) is 3.27. The summed E-state index contributed by atoms with van der Waals surface area (Å²) in [5.41, 5.74) is 1.78. The summed E-state index contributed by atoms with van der Waals surface area (Å²) in [6.07, 6.45) is 3.34. The second-order valence-electron chi connectivity index (χ2n) is 6.87. The summed E-state index contributed by atoms with van der Waals surface area (Å²) in [4.78, 5) is 15.8. The van der Waals surface area contributed by atoms with Crippen LogP contribution in [-0.4, -0.2) is 55.9 Å². The molecular weight excluding hydrogens is 372 g/mol. The first-order valence-electron chi connectivity index (χ1n) is 9.49. The Morgan fingerprint density at radius 2 is 2.14 bits per heavy atom. The first-order chi connectivity index (χ1) is 14.1. The summed E-state index contributed by atoms with van der Waals surface area (Å²) in [6, 6.07) is 9.21. The number of hydrogen-bond donors (Lipinski definition) is 1. The van der Waals surface area contributed by atoms with Gasteiger partial charge in [0.05, 0.1) is 33.3 Å². The van der Waals surface area contributed by atoms with Gasteiger partial charge >= 0.3 is 0 Å². The predicted molar refractivity (Wildman–Crippen MR) is 105 cm³/mol. The van der Waals surface area contributed by atoms with Crippen LogP contribution in [0, 0.1) is 18.3 Å². The highest BCUT2D eigenvalue weighted by Crippen LogP contribution is 2.28. The van der Waals surface area contributed by atoms with E-state index in [1.807, 2.05) is 30.0 Å². The van der Waals surface area contributed by atoms with Crippen LogP contribution in [0.2, 0.25) is 0 Å². The van der Waals surface area contributed by atoms with Crippen LogP contribution >= 0.6 is 0 Å². The van der Waals surface area contributed by atoms with E-state index in [0.29, 0.717) is 24.6 Å². The number of nitriles is 1. The monoisotopic (exact) mass is 397 g/mol. The molecule has 1 N–H and O–H groups in total. The number of ether oxygens (including phenoxy) is 2. The van der Waals surface area contributed by atoms with Crippen LogP contribution in [0.4, 0.5) is 0 Å². The molecule has 1 aromatic carbocycles. The third-order valence-electron chi connectivity index (χ3n) is 4.79. The second kappa shape index (κ2) is 9.75. The smallest absolute Gasteiger partial charge is 0.246 e. The van der Waals surface area contributed by atoms with Gasteiger partial charge in [0.2, 0.25) is 5.91 Å². The van der Waals surface area contributed by atoms with E-state index >= 15 is 0 Å². The molecule has 8 heteroatoms. The van der Waals surface area contributed by atoms with Crippen molar-refractivity contribution in [2.75, 3.05) is 39.9 Å². The maximum Gasteiger partial charge on any atom is 0.246 e. The van der Waals surface area contributed by atoms with Gasteiger partial charge in [-0.2, -0.15) is 5.26 Å². The van der Waals surface area contributed by atoms with E-state index in [1.165, 1.54) is 12.0 Å². The van der Waals surface area contributed by atoms with Crippen molar-refractivity contribution in [1.29, 1.82) is 5.26 Å². The number of aromatic nitrogens is 1. The van der Waals surface area contributed by atoms with Crippen LogP contribution in [0.1, 0.15) is 17.0 Å². The molecule has 1 amide bonds. The van der Waals surface area contributed by atoms with Crippen molar-refractivity contribution in [2.24, 2.45) is 0 Å². The van der Waals surface area contributed by atoms with Gasteiger partial charge in [0.15, 0.2) is 18.1 Å². The topological polar surface area (TPSA) is 93.0 Å². The van der Waals surface area contributed by atoms with Crippen LogP contribution in [-0.2, 0) is 11.3 Å². The van der Waals surface area contributed by atoms with Crippen molar-refractivity contribution in [3.63, 3.8) is 0 Å². The van der Waals surface area contributed by atoms with Gasteiger partial charge in [-0.05, 0) is 30.7 Å². The number of piperazine rings is 1. The molecule has 0 unspecified atom stereocenters. The molecule has 3 rings (SSSR count). The van der Waals surface area contributed by atoms with E-state index in [2.05, 4.69) is 5.16 Å². The third kappa shape index (κ3) is 5.59. The number of benzene rings is 1. The van der Waals surface area contributed by atoms with Gasteiger partial charge in [-0.3, -0.25) is 4.79 Å². The molecular formula is C21H25N4O4+. The minimum atomic E-state index is -0.0474. The van der Waals surface area contributed by atoms with Gasteiger partial charge in [0.1, 0.15) is 24.1 Å². The molecule has 0 atom stereocenters. The molecule has 1 fully saturated rings. The molecule has 1 saturated heterocycles. The number of amides is 1. The summed E-state index contributed by atoms with van der Waals surface area (Å²) in [5, 5.41) is 12.7. The Morgan fingerprint density at radius 3 is 2.79 bits per heavy atom. The highest BCUT2D eigenvalue weighted by molar-refractivity contribution is 5.91. The Hall–Kier alpha value is -3.31. The van der Waals surface area contributed by atoms with Gasteiger partial charge in [-0.15, -0.1) is 0 Å². The fourth-order valence-electron chi connectivity index (χ4n) is 3.27. The Balaban J connectivity index is 1.52. The minimum Gasteiger partial charge on any atom is -0.493 e. The standard InChI is InChI=1S/C21H24N4O4/c1-16-13-18(23-29-16)15-24-8-10-25(11-9-24)21(26)6-4-17-3-5-19(28-12-7-22)20(14-17)27-2/h3-6,13-14H,8-12,15H2,1-2H3/p+1/b6-4+. The van der Waals surface area contributed by atoms with Crippen molar-refractivity contribution in [3.05, 3.63) is 47.4 Å². The van der Waals surface area contributed by atoms with Crippen LogP contribution in [0.15, 0.2) is 34.9 Å². The number of aryl methyl sites for hydroxylation is 1. The molecule has 1 aromatic heterocycles. The lowest BCUT2D eigenvalue weighted by atomic mass is 10.2. The number of carbonyl (C=O) groups excluding carboxylic acids is 1. The Morgan fingerprint density at radius 1 is 1.34 bits per heavy atom. The van der Waals surface area contributed by atoms with Crippen LogP contribution < -0.4 is 14.4 Å². The van der Waals surface area contributed by atoms with E-state index in [1.54, 1.807) is 24.3 Å². The zero-order valence-electron chi connectivity index (χ0n) is 16.7. The predicted octanol–water partition coefficient (Wildman–Crippen LogP) is 0.835. The van der Waals surface area contributed by atoms with E-state index in [4.69, 9.17) is 19.3 Å². The average molecular weight is 397 g/mol. The summed E-state index contributed by atoms with van der Waals surface area (Å²) < 4.78 is 15.7. The van der Waals surface area contributed by atoms with Gasteiger partial charge in [0.25, 0.3) is 0 Å². The van der Waals surface area contributed by atoms with Crippen LogP contribution in [0.3, 0.4) is 0 Å². The maximum atomic E-state index is 12.5. The van der Waals surface area contributed by atoms with Crippen molar-refractivity contribution < 1.29 is 23.7 Å². The molecule has 0 bridgehead atoms. The molecule has 1 aliphatic heterocycles. The summed E-state index contributed by atoms with van der Waals surface area (Å²) >= 11 is 0. The third-order valence-corrected chi connectivity index (χ3v) is 4.79. The van der Waals surface area contributed by atoms with E-state index in [-0.39, 0.29) is 12.5 Å². The second-order valence-corrected chi connectivity index (χ2v) is 6.87. The van der Waals surface area contributed by atoms with Crippen LogP contribution in [0.5, 0.6) is 11.5 Å². The quantitative estimate of drug-likeness (QED) is 0.696. The lowest BCUT2D eigenvalue weighted by molar-refractivity contribution is -0.918. The number of carbonyl (C=O) groups is 1. The largest absolute Gasteiger partial charge is 0.493 e. The maximum absolute atomic E-state index is 12.5. The number of rotatable bonds is 7. The number of quaternary nitrogens is 1. The fraction of sp³-hybridized carbons (Fsp3) is 0.381. The minimum absolute atomic E-state index is 0.00916. The highest BCUT2D eigenvalue weighted by Gasteiger charge is 2.23. The number of hydrogen-bond acceptors (Lipinski definition) is 6.